The van der Waals surface area contributed by atoms with E-state index in [9.17, 15) is 0 Å². The van der Waals surface area contributed by atoms with Gasteiger partial charge in [0.2, 0.25) is 0 Å². The molecule has 0 aromatic rings. The molecular weight excluding hydrogens is 229 g/mol. The minimum absolute atomic E-state index is 0.545. The van der Waals surface area contributed by atoms with Gasteiger partial charge in [0.15, 0.2) is 0 Å². The summed E-state index contributed by atoms with van der Waals surface area (Å²) in [4.78, 5) is 0. The lowest BCUT2D eigenvalue weighted by Gasteiger charge is -2.08. The van der Waals surface area contributed by atoms with E-state index < -0.39 is 5.57 Å². The van der Waals surface area contributed by atoms with Gasteiger partial charge in [-0.25, -0.2) is 0 Å². The Labute approximate surface area is 64.2 Å². The molecule has 1 nitrogen and oxygen atoms in total. The molecule has 2 atom stereocenters. The van der Waals surface area contributed by atoms with Crippen molar-refractivity contribution in [2.24, 2.45) is 5.73 Å². The highest BCUT2D eigenvalue weighted by Gasteiger charge is 2.32. The highest BCUT2D eigenvalue weighted by Crippen LogP contribution is 2.34. The van der Waals surface area contributed by atoms with E-state index in [1.54, 1.807) is 0 Å². The first-order valence-corrected chi connectivity index (χ1v) is 9.07. The summed E-state index contributed by atoms with van der Waals surface area (Å²) in [6.07, 6.45) is 1.28. The van der Waals surface area contributed by atoms with E-state index in [4.69, 9.17) is 5.73 Å². The maximum atomic E-state index is 5.74. The Bertz CT molecular complexity index is 94.4. The zero-order valence-corrected chi connectivity index (χ0v) is 8.31. The molecule has 1 aliphatic heterocycles. The van der Waals surface area contributed by atoms with Crippen LogP contribution < -0.4 is 5.73 Å². The summed E-state index contributed by atoms with van der Waals surface area (Å²) >= 11 is 2.64. The lowest BCUT2D eigenvalue weighted by atomic mass is 10.3. The second kappa shape index (κ2) is 2.26. The van der Waals surface area contributed by atoms with Crippen LogP contribution in [0.25, 0.3) is 0 Å². The van der Waals surface area contributed by atoms with Crippen molar-refractivity contribution < 1.29 is 0 Å². The smallest absolute Gasteiger partial charge is 0.124 e. The van der Waals surface area contributed by atoms with Crippen molar-refractivity contribution in [3.8, 4) is 0 Å². The molecule has 1 fully saturated rings. The molecule has 1 aliphatic rings. The van der Waals surface area contributed by atoms with Crippen LogP contribution >= 0.6 is 21.8 Å². The predicted molar refractivity (Wildman–Crippen MR) is 47.8 cm³/mol. The maximum absolute atomic E-state index is 5.74. The Kier molecular flexibility index (Phi) is 1.99. The number of halogens is 1. The molecule has 0 amide bonds. The Morgan fingerprint density at radius 3 is 2.50 bits per heavy atom. The first-order chi connectivity index (χ1) is 3.60. The van der Waals surface area contributed by atoms with Crippen molar-refractivity contribution >= 4 is 27.4 Å². The van der Waals surface area contributed by atoms with Crippen LogP contribution in [0.5, 0.6) is 0 Å². The maximum Gasteiger partial charge on any atom is 0.124 e. The van der Waals surface area contributed by atoms with Gasteiger partial charge < -0.3 is 5.73 Å². The number of hydrogen-bond acceptors (Lipinski definition) is 1. The lowest BCUT2D eigenvalue weighted by molar-refractivity contribution is 0.749. The molecule has 3 heteroatoms. The van der Waals surface area contributed by atoms with Crippen molar-refractivity contribution in [1.29, 1.82) is 0 Å². The zero-order valence-electron chi connectivity index (χ0n) is 5.15. The van der Waals surface area contributed by atoms with E-state index in [0.717, 1.165) is 0 Å². The zero-order chi connectivity index (χ0) is 6.20. The van der Waals surface area contributed by atoms with E-state index in [0.29, 0.717) is 6.04 Å². The van der Waals surface area contributed by atoms with Crippen molar-refractivity contribution in [3.63, 3.8) is 0 Å². The predicted octanol–water partition coefficient (Wildman–Crippen LogP) is 1.73. The van der Waals surface area contributed by atoms with E-state index in [1.165, 1.54) is 18.5 Å². The highest BCUT2D eigenvalue weighted by atomic mass is 127. The van der Waals surface area contributed by atoms with Crippen LogP contribution in [0, 0.1) is 0 Å². The summed E-state index contributed by atoms with van der Waals surface area (Å²) < 4.78 is 0. The summed E-state index contributed by atoms with van der Waals surface area (Å²) in [6, 6.07) is 3.33. The Morgan fingerprint density at radius 1 is 1.75 bits per heavy atom. The summed E-state index contributed by atoms with van der Waals surface area (Å²) in [7, 11) is 0. The molecule has 0 bridgehead atoms. The number of nitrogens with two attached hydrogens (primary N) is 1. The first-order valence-electron chi connectivity index (χ1n) is 3.05. The van der Waals surface area contributed by atoms with Crippen molar-refractivity contribution in [2.75, 3.05) is 0 Å². The molecule has 0 spiro atoms. The third kappa shape index (κ3) is 1.70. The van der Waals surface area contributed by atoms with Gasteiger partial charge in [0, 0.05) is 6.04 Å². The quantitative estimate of drug-likeness (QED) is 0.390. The van der Waals surface area contributed by atoms with Crippen LogP contribution in [0.15, 0.2) is 0 Å². The molecule has 1 saturated heterocycles. The normalized spacial score (nSPS) is 47.6. The van der Waals surface area contributed by atoms with Gasteiger partial charge in [-0.1, -0.05) is 6.55 Å². The summed E-state index contributed by atoms with van der Waals surface area (Å²) in [5, 5.41) is 0. The minimum atomic E-state index is -0.758. The van der Waals surface area contributed by atoms with Gasteiger partial charge in [-0.15, -0.1) is 21.8 Å². The second-order valence-corrected chi connectivity index (χ2v) is 14.5. The highest BCUT2D eigenvalue weighted by molar-refractivity contribution is 14.1. The van der Waals surface area contributed by atoms with E-state index in [2.05, 4.69) is 28.3 Å². The third-order valence-electron chi connectivity index (χ3n) is 1.72. The lowest BCUT2D eigenvalue weighted by Crippen LogP contribution is -2.20. The molecule has 0 saturated carbocycles. The molecule has 2 unspecified atom stereocenters. The molecular formula is C5H12INSi. The molecule has 0 aromatic heterocycles. The second-order valence-electron chi connectivity index (χ2n) is 2.92. The van der Waals surface area contributed by atoms with E-state index >= 15 is 0 Å². The molecule has 0 radical (unpaired) electrons. The Morgan fingerprint density at radius 2 is 2.38 bits per heavy atom. The molecule has 1 rings (SSSR count). The van der Waals surface area contributed by atoms with Crippen LogP contribution in [0.3, 0.4) is 0 Å². The average molecular weight is 241 g/mol. The van der Waals surface area contributed by atoms with E-state index in [1.807, 2.05) is 0 Å². The Balaban J connectivity index is 2.44. The number of rotatable bonds is 0. The SMILES string of the molecule is C[Si]1(I)CCC(N)C1. The van der Waals surface area contributed by atoms with E-state index in [-0.39, 0.29) is 0 Å². The largest absolute Gasteiger partial charge is 0.328 e. The standard InChI is InChI=1S/C5H12INSi/c1-8(6)3-2-5(7)4-8/h5H,2-4,7H2,1H3. The molecule has 0 aliphatic carbocycles. The van der Waals surface area contributed by atoms with Gasteiger partial charge in [0.05, 0.1) is 0 Å². The molecule has 2 N–H and O–H groups in total. The van der Waals surface area contributed by atoms with Gasteiger partial charge in [0.25, 0.3) is 0 Å². The molecule has 48 valence electrons. The summed E-state index contributed by atoms with van der Waals surface area (Å²) in [6.45, 7) is 2.42. The van der Waals surface area contributed by atoms with Gasteiger partial charge in [-0.2, -0.15) is 0 Å². The number of hydrogen-bond donors (Lipinski definition) is 1. The monoisotopic (exact) mass is 241 g/mol. The van der Waals surface area contributed by atoms with Crippen molar-refractivity contribution in [3.05, 3.63) is 0 Å². The van der Waals surface area contributed by atoms with Gasteiger partial charge in [-0.3, -0.25) is 0 Å². The van der Waals surface area contributed by atoms with Gasteiger partial charge in [-0.05, 0) is 18.5 Å². The average Bonchev–Trinajstić information content (AvgIpc) is 1.82. The molecule has 0 aromatic carbocycles. The summed E-state index contributed by atoms with van der Waals surface area (Å²) in [5.74, 6) is 0. The topological polar surface area (TPSA) is 26.0 Å². The first kappa shape index (κ1) is 7.02. The van der Waals surface area contributed by atoms with Crippen LogP contribution in [0.4, 0.5) is 0 Å². The molecule has 1 heterocycles. The fraction of sp³-hybridized carbons (Fsp3) is 1.00. The van der Waals surface area contributed by atoms with Gasteiger partial charge in [0.1, 0.15) is 5.57 Å². The fourth-order valence-electron chi connectivity index (χ4n) is 1.24. The summed E-state index contributed by atoms with van der Waals surface area (Å²) in [5.41, 5.74) is 4.98. The van der Waals surface area contributed by atoms with Crippen molar-refractivity contribution in [1.82, 2.24) is 0 Å². The van der Waals surface area contributed by atoms with Gasteiger partial charge >= 0.3 is 0 Å². The fourth-order valence-corrected chi connectivity index (χ4v) is 6.34. The van der Waals surface area contributed by atoms with Crippen LogP contribution in [0.2, 0.25) is 18.6 Å². The van der Waals surface area contributed by atoms with Crippen molar-refractivity contribution in [2.45, 2.75) is 31.1 Å². The third-order valence-corrected chi connectivity index (χ3v) is 7.37. The van der Waals surface area contributed by atoms with Crippen LogP contribution in [-0.2, 0) is 0 Å². The molecule has 8 heavy (non-hydrogen) atoms. The minimum Gasteiger partial charge on any atom is -0.328 e. The van der Waals surface area contributed by atoms with Crippen LogP contribution in [0.1, 0.15) is 6.42 Å². The van der Waals surface area contributed by atoms with Crippen LogP contribution in [-0.4, -0.2) is 11.6 Å². The Hall–Kier alpha value is 0.907.